The van der Waals surface area contributed by atoms with E-state index in [1.165, 1.54) is 18.4 Å². The smallest absolute Gasteiger partial charge is 0.191 e. The van der Waals surface area contributed by atoms with Crippen LogP contribution in [0.15, 0.2) is 46.1 Å². The van der Waals surface area contributed by atoms with Crippen LogP contribution in [0.4, 0.5) is 0 Å². The minimum absolute atomic E-state index is 0. The maximum Gasteiger partial charge on any atom is 0.191 e. The monoisotopic (exact) mass is 485 g/mol. The van der Waals surface area contributed by atoms with Crippen LogP contribution < -0.4 is 15.4 Å². The van der Waals surface area contributed by atoms with Crippen molar-refractivity contribution in [2.45, 2.75) is 25.4 Å². The van der Waals surface area contributed by atoms with Crippen molar-refractivity contribution in [1.82, 2.24) is 20.7 Å². The number of benzene rings is 1. The third-order valence-electron chi connectivity index (χ3n) is 4.70. The van der Waals surface area contributed by atoms with Crippen LogP contribution in [0.25, 0.3) is 0 Å². The number of ether oxygens (including phenoxy) is 1. The molecule has 0 radical (unpaired) electrons. The Labute approximate surface area is 177 Å². The van der Waals surface area contributed by atoms with E-state index in [1.807, 2.05) is 18.2 Å². The molecule has 2 heterocycles. The van der Waals surface area contributed by atoms with Gasteiger partial charge in [0.05, 0.1) is 19.7 Å². The normalized spacial score (nSPS) is 15.9. The fourth-order valence-electron chi connectivity index (χ4n) is 3.25. The van der Waals surface area contributed by atoms with Gasteiger partial charge in [0.25, 0.3) is 0 Å². The first kappa shape index (κ1) is 21.5. The summed E-state index contributed by atoms with van der Waals surface area (Å²) in [5.41, 5.74) is 2.13. The molecule has 0 spiro atoms. The highest BCUT2D eigenvalue weighted by Crippen LogP contribution is 2.26. The molecule has 2 aromatic rings. The summed E-state index contributed by atoms with van der Waals surface area (Å²) >= 11 is 0. The molecule has 148 valence electrons. The Bertz CT molecular complexity index is 685. The quantitative estimate of drug-likeness (QED) is 0.357. The largest absolute Gasteiger partial charge is 0.497 e. The van der Waals surface area contributed by atoms with E-state index in [1.54, 1.807) is 20.4 Å². The van der Waals surface area contributed by atoms with Gasteiger partial charge in [0, 0.05) is 19.7 Å². The predicted molar refractivity (Wildman–Crippen MR) is 117 cm³/mol. The van der Waals surface area contributed by atoms with Gasteiger partial charge in [-0.3, -0.25) is 9.89 Å². The van der Waals surface area contributed by atoms with Crippen molar-refractivity contribution in [2.75, 3.05) is 33.8 Å². The first-order valence-electron chi connectivity index (χ1n) is 9.02. The van der Waals surface area contributed by atoms with E-state index in [2.05, 4.69) is 37.8 Å². The molecule has 1 aromatic carbocycles. The van der Waals surface area contributed by atoms with Crippen LogP contribution in [0.1, 0.15) is 30.1 Å². The lowest BCUT2D eigenvalue weighted by molar-refractivity contribution is 0.245. The number of hydrogen-bond donors (Lipinski definition) is 2. The molecule has 2 N–H and O–H groups in total. The van der Waals surface area contributed by atoms with Gasteiger partial charge in [0.15, 0.2) is 5.96 Å². The number of guanidine groups is 1. The van der Waals surface area contributed by atoms with Gasteiger partial charge >= 0.3 is 0 Å². The Morgan fingerprint density at radius 3 is 2.56 bits per heavy atom. The number of likely N-dealkylation sites (tertiary alicyclic amines) is 1. The Morgan fingerprint density at radius 1 is 1.22 bits per heavy atom. The molecule has 1 saturated heterocycles. The number of nitrogens with zero attached hydrogens (tertiary/aromatic N) is 3. The van der Waals surface area contributed by atoms with Gasteiger partial charge in [-0.1, -0.05) is 17.3 Å². The van der Waals surface area contributed by atoms with Crippen LogP contribution in [0.5, 0.6) is 5.75 Å². The van der Waals surface area contributed by atoms with Crippen molar-refractivity contribution in [1.29, 1.82) is 0 Å². The van der Waals surface area contributed by atoms with Gasteiger partial charge in [-0.15, -0.1) is 24.0 Å². The number of rotatable bonds is 7. The Balaban J connectivity index is 0.00000261. The van der Waals surface area contributed by atoms with Crippen molar-refractivity contribution in [2.24, 2.45) is 4.99 Å². The first-order chi connectivity index (χ1) is 12.8. The fraction of sp³-hybridized carbons (Fsp3) is 0.474. The number of aromatic nitrogens is 1. The van der Waals surface area contributed by atoms with Crippen LogP contribution in [0.3, 0.4) is 0 Å². The van der Waals surface area contributed by atoms with Gasteiger partial charge in [0.2, 0.25) is 0 Å². The zero-order chi connectivity index (χ0) is 18.2. The summed E-state index contributed by atoms with van der Waals surface area (Å²) in [6.45, 7) is 3.62. The summed E-state index contributed by atoms with van der Waals surface area (Å²) in [7, 11) is 3.47. The third-order valence-corrected chi connectivity index (χ3v) is 4.70. The van der Waals surface area contributed by atoms with Gasteiger partial charge in [-0.05, 0) is 43.6 Å². The van der Waals surface area contributed by atoms with Crippen molar-refractivity contribution >= 4 is 29.9 Å². The highest BCUT2D eigenvalue weighted by molar-refractivity contribution is 14.0. The molecule has 0 amide bonds. The van der Waals surface area contributed by atoms with Crippen LogP contribution in [-0.2, 0) is 6.54 Å². The van der Waals surface area contributed by atoms with E-state index in [0.29, 0.717) is 12.6 Å². The minimum atomic E-state index is 0. The average Bonchev–Trinajstić information content (AvgIpc) is 3.39. The van der Waals surface area contributed by atoms with E-state index in [-0.39, 0.29) is 24.0 Å². The fourth-order valence-corrected chi connectivity index (χ4v) is 3.25. The molecule has 0 bridgehead atoms. The Kier molecular flexibility index (Phi) is 8.86. The minimum Gasteiger partial charge on any atom is -0.497 e. The molecule has 0 saturated carbocycles. The first-order valence-corrected chi connectivity index (χ1v) is 9.02. The summed E-state index contributed by atoms with van der Waals surface area (Å²) in [6.07, 6.45) is 4.08. The lowest BCUT2D eigenvalue weighted by atomic mass is 10.1. The molecule has 3 rings (SSSR count). The lowest BCUT2D eigenvalue weighted by Crippen LogP contribution is -2.42. The number of hydrogen-bond acceptors (Lipinski definition) is 5. The second kappa shape index (κ2) is 11.1. The van der Waals surface area contributed by atoms with E-state index < -0.39 is 0 Å². The Hall–Kier alpha value is -1.81. The average molecular weight is 485 g/mol. The summed E-state index contributed by atoms with van der Waals surface area (Å²) in [4.78, 5) is 6.83. The van der Waals surface area contributed by atoms with Crippen LogP contribution >= 0.6 is 24.0 Å². The Morgan fingerprint density at radius 2 is 1.96 bits per heavy atom. The summed E-state index contributed by atoms with van der Waals surface area (Å²) in [5, 5.41) is 10.6. The van der Waals surface area contributed by atoms with Gasteiger partial charge in [0.1, 0.15) is 17.7 Å². The third kappa shape index (κ3) is 6.10. The predicted octanol–water partition coefficient (Wildman–Crippen LogP) is 2.80. The molecule has 1 unspecified atom stereocenters. The zero-order valence-corrected chi connectivity index (χ0v) is 18.2. The maximum absolute atomic E-state index is 5.29. The highest BCUT2D eigenvalue weighted by atomic mass is 127. The van der Waals surface area contributed by atoms with Crippen molar-refractivity contribution < 1.29 is 9.26 Å². The van der Waals surface area contributed by atoms with Gasteiger partial charge < -0.3 is 19.9 Å². The van der Waals surface area contributed by atoms with Crippen LogP contribution in [-0.4, -0.2) is 49.8 Å². The number of halogens is 1. The molecule has 1 fully saturated rings. The van der Waals surface area contributed by atoms with Gasteiger partial charge in [-0.2, -0.15) is 0 Å². The standard InChI is InChI=1S/C19H27N5O2.HI/c1-20-19(21-13-16-9-12-26-23-16)22-14-18(24-10-3-4-11-24)15-5-7-17(25-2)8-6-15;/h5-9,12,18H,3-4,10-11,13-14H2,1-2H3,(H2,20,21,22);1H. The van der Waals surface area contributed by atoms with Crippen molar-refractivity contribution in [3.63, 3.8) is 0 Å². The molecule has 1 atom stereocenters. The van der Waals surface area contributed by atoms with E-state index in [0.717, 1.165) is 37.0 Å². The summed E-state index contributed by atoms with van der Waals surface area (Å²) < 4.78 is 10.1. The topological polar surface area (TPSA) is 74.9 Å². The van der Waals surface area contributed by atoms with E-state index >= 15 is 0 Å². The summed E-state index contributed by atoms with van der Waals surface area (Å²) in [5.74, 6) is 1.64. The number of aliphatic imine (C=N–C) groups is 1. The van der Waals surface area contributed by atoms with E-state index in [9.17, 15) is 0 Å². The number of nitrogens with one attached hydrogen (secondary N) is 2. The molecule has 0 aliphatic carbocycles. The molecule has 7 nitrogen and oxygen atoms in total. The molecule has 27 heavy (non-hydrogen) atoms. The van der Waals surface area contributed by atoms with Crippen molar-refractivity contribution in [3.05, 3.63) is 47.9 Å². The lowest BCUT2D eigenvalue weighted by Gasteiger charge is -2.29. The zero-order valence-electron chi connectivity index (χ0n) is 15.9. The van der Waals surface area contributed by atoms with E-state index in [4.69, 9.17) is 9.26 Å². The SMILES string of the molecule is CN=C(NCc1ccon1)NCC(c1ccc(OC)cc1)N1CCCC1.I. The second-order valence-electron chi connectivity index (χ2n) is 6.33. The van der Waals surface area contributed by atoms with Crippen molar-refractivity contribution in [3.8, 4) is 5.75 Å². The molecule has 8 heteroatoms. The van der Waals surface area contributed by atoms with Gasteiger partial charge in [-0.25, -0.2) is 0 Å². The van der Waals surface area contributed by atoms with Crippen LogP contribution in [0.2, 0.25) is 0 Å². The molecule has 1 aromatic heterocycles. The summed E-state index contributed by atoms with van der Waals surface area (Å²) in [6, 6.07) is 10.5. The molecular weight excluding hydrogens is 457 g/mol. The highest BCUT2D eigenvalue weighted by Gasteiger charge is 2.23. The molecule has 1 aliphatic rings. The molecular formula is C19H28IN5O2. The molecule has 1 aliphatic heterocycles. The number of methoxy groups -OCH3 is 1. The second-order valence-corrected chi connectivity index (χ2v) is 6.33. The van der Waals surface area contributed by atoms with Crippen LogP contribution in [0, 0.1) is 0 Å². The maximum atomic E-state index is 5.29.